The number of fused-ring (bicyclic) bond motifs is 6. The highest BCUT2D eigenvalue weighted by molar-refractivity contribution is 6.14. The van der Waals surface area contributed by atoms with Crippen LogP contribution in [-0.2, 0) is 6.18 Å². The highest BCUT2D eigenvalue weighted by atomic mass is 19.4. The van der Waals surface area contributed by atoms with Crippen LogP contribution in [0.5, 0.6) is 0 Å². The van der Waals surface area contributed by atoms with Crippen LogP contribution in [0.15, 0.2) is 176 Å². The summed E-state index contributed by atoms with van der Waals surface area (Å²) in [6, 6.07) is 55.5. The quantitative estimate of drug-likeness (QED) is 0.147. The topological polar surface area (TPSA) is 131 Å². The van der Waals surface area contributed by atoms with Crippen LogP contribution < -0.4 is 0 Å². The molecule has 0 spiro atoms. The molecule has 2 aromatic heterocycles. The maximum absolute atomic E-state index is 15.8. The van der Waals surface area contributed by atoms with E-state index in [0.717, 1.165) is 6.07 Å². The first kappa shape index (κ1) is 53.1. The van der Waals surface area contributed by atoms with Crippen LogP contribution in [0, 0.1) is 84.8 Å². The summed E-state index contributed by atoms with van der Waals surface area (Å²) in [5.41, 5.74) is 6.62. The molecule has 0 saturated carbocycles. The molecule has 0 aliphatic rings. The zero-order chi connectivity index (χ0) is 60.1. The lowest BCUT2D eigenvalue weighted by atomic mass is 9.94. The molecule has 12 aromatic rings. The highest BCUT2D eigenvalue weighted by Gasteiger charge is 2.36. The molecule has 394 valence electrons. The number of hydrogen-bond acceptors (Lipinski definition) is 4. The van der Waals surface area contributed by atoms with Crippen molar-refractivity contribution in [1.29, 1.82) is 21.0 Å². The lowest BCUT2D eigenvalue weighted by Gasteiger charge is -2.22. The summed E-state index contributed by atoms with van der Waals surface area (Å²) in [7, 11) is 0. The molecule has 0 radical (unpaired) electrons. The zero-order valence-corrected chi connectivity index (χ0v) is 44.2. The van der Waals surface area contributed by atoms with Crippen molar-refractivity contribution < 1.29 is 13.2 Å². The number of halogens is 3. The van der Waals surface area contributed by atoms with Gasteiger partial charge >= 0.3 is 6.18 Å². The predicted octanol–water partition coefficient (Wildman–Crippen LogP) is 20.0. The molecule has 0 fully saturated rings. The zero-order valence-electron chi connectivity index (χ0n) is 44.2. The van der Waals surface area contributed by atoms with Crippen molar-refractivity contribution in [1.82, 2.24) is 9.13 Å². The first-order valence-electron chi connectivity index (χ1n) is 25.8. The van der Waals surface area contributed by atoms with Crippen LogP contribution in [0.1, 0.15) is 27.8 Å². The molecule has 0 saturated heterocycles. The molecular formula is C71H29F3N12. The number of rotatable bonds is 7. The van der Waals surface area contributed by atoms with Gasteiger partial charge in [-0.2, -0.15) is 34.2 Å². The second-order valence-electron chi connectivity index (χ2n) is 19.8. The average Bonchev–Trinajstić information content (AvgIpc) is 1.76. The minimum absolute atomic E-state index is 0.0142. The Bertz CT molecular complexity index is 5100. The minimum Gasteiger partial charge on any atom is -0.319 e. The third kappa shape index (κ3) is 9.00. The second-order valence-corrected chi connectivity index (χ2v) is 19.8. The van der Waals surface area contributed by atoms with E-state index in [2.05, 4.69) is 53.3 Å². The number of alkyl halides is 3. The van der Waals surface area contributed by atoms with E-state index in [0.29, 0.717) is 88.1 Å². The standard InChI is InChI=1S/C71H29F3N12/c1-79-52-22-40(36-75)18-48(26-52)44-10-14-64-56(30-44)57-31-45(49-19-41(37-76)23-53(27-49)80-2)11-15-65(57)85(64)68-35-63(84-6)69(34-60(68)70-61(71(72,73)74)8-7-9-62(70)83-5)86-66-16-12-46(50-20-42(38-77)24-54(28-50)81-3)32-58(66)59-33-47(13-17-67(59)86)51-21-43(39-78)25-55(29-51)82-4/h7-35H. The summed E-state index contributed by atoms with van der Waals surface area (Å²) in [4.78, 5) is 22.2. The number of nitrogens with zero attached hydrogens (tertiary/aromatic N) is 12. The third-order valence-corrected chi connectivity index (χ3v) is 15.0. The minimum atomic E-state index is -5.01. The first-order valence-corrected chi connectivity index (χ1v) is 25.8. The van der Waals surface area contributed by atoms with E-state index in [1.165, 1.54) is 48.5 Å². The van der Waals surface area contributed by atoms with E-state index in [-0.39, 0.29) is 73.3 Å². The Labute approximate surface area is 488 Å². The van der Waals surface area contributed by atoms with Crippen LogP contribution in [0.3, 0.4) is 0 Å². The highest BCUT2D eigenvalue weighted by Crippen LogP contribution is 2.50. The van der Waals surface area contributed by atoms with Crippen molar-refractivity contribution in [2.45, 2.75) is 6.18 Å². The van der Waals surface area contributed by atoms with Gasteiger partial charge in [0.25, 0.3) is 0 Å². The Kier molecular flexibility index (Phi) is 12.9. The molecule has 0 aliphatic carbocycles. The van der Waals surface area contributed by atoms with Gasteiger partial charge in [0.15, 0.2) is 28.4 Å². The van der Waals surface area contributed by atoms with Crippen molar-refractivity contribution >= 4 is 77.7 Å². The number of hydrogen-bond donors (Lipinski definition) is 0. The SMILES string of the molecule is [C-]#[N+]c1cc(C#N)cc(-c2ccc3c(c2)c2cc(-c4cc(C#N)cc([N+]#[C-])c4)ccc2n3-c2cc(-c3c([N+]#[C-])cccc3C(F)(F)F)c(-n3c4ccc(-c5cc(C#N)cc([N+]#[C-])c5)cc4c4cc(-c5cc(C#N)cc([N+]#[C-])c5)ccc43)cc2[N+]#[C-])c1. The van der Waals surface area contributed by atoms with Crippen LogP contribution in [0.25, 0.3) is 140 Å². The number of nitriles is 4. The third-order valence-electron chi connectivity index (χ3n) is 15.0. The van der Waals surface area contributed by atoms with Gasteiger partial charge in [-0.15, -0.1) is 0 Å². The van der Waals surface area contributed by atoms with E-state index in [4.69, 9.17) is 39.4 Å². The molecule has 0 aliphatic heterocycles. The van der Waals surface area contributed by atoms with E-state index >= 15 is 13.2 Å². The lowest BCUT2D eigenvalue weighted by Crippen LogP contribution is -2.09. The largest absolute Gasteiger partial charge is 0.415 e. The normalized spacial score (nSPS) is 10.8. The first-order chi connectivity index (χ1) is 41.7. The molecule has 0 N–H and O–H groups in total. The van der Waals surface area contributed by atoms with Gasteiger partial charge in [-0.1, -0.05) is 42.5 Å². The van der Waals surface area contributed by atoms with Gasteiger partial charge in [-0.05, 0) is 184 Å². The molecule has 10 aromatic carbocycles. The van der Waals surface area contributed by atoms with Gasteiger partial charge in [-0.3, -0.25) is 0 Å². The summed E-state index contributed by atoms with van der Waals surface area (Å²) in [5, 5.41) is 42.2. The molecule has 0 amide bonds. The van der Waals surface area contributed by atoms with E-state index in [1.54, 1.807) is 106 Å². The van der Waals surface area contributed by atoms with Gasteiger partial charge < -0.3 is 9.13 Å². The summed E-state index contributed by atoms with van der Waals surface area (Å²) in [5.74, 6) is 0. The fraction of sp³-hybridized carbons (Fsp3) is 0.0141. The van der Waals surface area contributed by atoms with E-state index in [1.807, 2.05) is 24.3 Å². The van der Waals surface area contributed by atoms with Crippen molar-refractivity contribution in [2.24, 2.45) is 0 Å². The van der Waals surface area contributed by atoms with Gasteiger partial charge in [0.05, 0.1) is 97.0 Å². The van der Waals surface area contributed by atoms with Crippen molar-refractivity contribution in [3.8, 4) is 91.3 Å². The Hall–Kier alpha value is -13.5. The van der Waals surface area contributed by atoms with E-state index < -0.39 is 17.3 Å². The Morgan fingerprint density at radius 3 is 0.977 bits per heavy atom. The molecule has 86 heavy (non-hydrogen) atoms. The molecular weight excluding hydrogens is 1080 g/mol. The fourth-order valence-corrected chi connectivity index (χ4v) is 11.3. The summed E-state index contributed by atoms with van der Waals surface area (Å²) in [6.07, 6.45) is -5.01. The van der Waals surface area contributed by atoms with Crippen LogP contribution >= 0.6 is 0 Å². The molecule has 15 heteroatoms. The Morgan fingerprint density at radius 1 is 0.337 bits per heavy atom. The molecule has 0 bridgehead atoms. The Morgan fingerprint density at radius 2 is 0.674 bits per heavy atom. The molecule has 12 rings (SSSR count). The number of aromatic nitrogens is 2. The van der Waals surface area contributed by atoms with Gasteiger partial charge in [0.2, 0.25) is 5.69 Å². The smallest absolute Gasteiger partial charge is 0.319 e. The predicted molar refractivity (Wildman–Crippen MR) is 324 cm³/mol. The fourth-order valence-electron chi connectivity index (χ4n) is 11.3. The average molecular weight is 1110 g/mol. The van der Waals surface area contributed by atoms with Crippen molar-refractivity contribution in [3.63, 3.8) is 0 Å². The number of benzene rings is 10. The van der Waals surface area contributed by atoms with Gasteiger partial charge in [-0.25, -0.2) is 29.1 Å². The molecule has 0 unspecified atom stereocenters. The maximum Gasteiger partial charge on any atom is 0.415 e. The van der Waals surface area contributed by atoms with Gasteiger partial charge in [0.1, 0.15) is 0 Å². The molecule has 2 heterocycles. The summed E-state index contributed by atoms with van der Waals surface area (Å²) >= 11 is 0. The summed E-state index contributed by atoms with van der Waals surface area (Å²) < 4.78 is 51.0. The Balaban J connectivity index is 1.21. The van der Waals surface area contributed by atoms with Gasteiger partial charge in [0, 0.05) is 55.0 Å². The summed E-state index contributed by atoms with van der Waals surface area (Å²) in [6.45, 7) is 48.5. The van der Waals surface area contributed by atoms with Crippen LogP contribution in [0.4, 0.5) is 47.3 Å². The lowest BCUT2D eigenvalue weighted by molar-refractivity contribution is -0.137. The maximum atomic E-state index is 15.8. The molecule has 0 atom stereocenters. The second kappa shape index (κ2) is 20.9. The molecule has 12 nitrogen and oxygen atoms in total. The monoisotopic (exact) mass is 1110 g/mol. The van der Waals surface area contributed by atoms with E-state index in [9.17, 15) is 21.0 Å². The van der Waals surface area contributed by atoms with Crippen molar-refractivity contribution in [3.05, 3.63) is 272 Å². The van der Waals surface area contributed by atoms with Crippen molar-refractivity contribution in [2.75, 3.05) is 0 Å². The van der Waals surface area contributed by atoms with Crippen LogP contribution in [0.2, 0.25) is 0 Å². The van der Waals surface area contributed by atoms with Crippen LogP contribution in [-0.4, -0.2) is 9.13 Å².